The minimum Gasteiger partial charge on any atom is -0.338 e. The molecule has 1 aromatic heterocycles. The van der Waals surface area contributed by atoms with Crippen molar-refractivity contribution in [1.82, 2.24) is 4.90 Å². The van der Waals surface area contributed by atoms with E-state index in [0.29, 0.717) is 0 Å². The van der Waals surface area contributed by atoms with Crippen molar-refractivity contribution in [3.05, 3.63) is 23.9 Å². The van der Waals surface area contributed by atoms with E-state index in [0.717, 1.165) is 49.4 Å². The second-order valence-corrected chi connectivity index (χ2v) is 7.47. The lowest BCUT2D eigenvalue weighted by atomic mass is 9.75. The Hall–Kier alpha value is -1.58. The standard InChI is InChI=1S/C19H27N3O/c23-19(22-13-9-15-6-1-2-7-16(15)14-22)17-8-5-10-20-18(17)21-11-3-4-12-21/h5,8,10,15-16H,1-4,6-7,9,11-14H2/p+1/t15-,16+/m0/s1. The van der Waals surface area contributed by atoms with Crippen LogP contribution in [0.5, 0.6) is 0 Å². The van der Waals surface area contributed by atoms with Gasteiger partial charge in [-0.05, 0) is 49.7 Å². The molecule has 124 valence electrons. The summed E-state index contributed by atoms with van der Waals surface area (Å²) in [6.45, 7) is 4.03. The number of carbonyl (C=O) groups is 1. The maximum Gasteiger partial charge on any atom is 0.287 e. The Morgan fingerprint density at radius 2 is 1.78 bits per heavy atom. The van der Waals surface area contributed by atoms with Gasteiger partial charge in [0.1, 0.15) is 5.56 Å². The number of carbonyl (C=O) groups excluding carboxylic acids is 1. The molecule has 1 amide bonds. The molecule has 1 N–H and O–H groups in total. The van der Waals surface area contributed by atoms with E-state index < -0.39 is 0 Å². The number of nitrogens with one attached hydrogen (secondary N) is 1. The van der Waals surface area contributed by atoms with Gasteiger partial charge in [-0.3, -0.25) is 9.69 Å². The number of fused-ring (bicyclic) bond motifs is 1. The Bertz CT molecular complexity index is 567. The fraction of sp³-hybridized carbons (Fsp3) is 0.684. The van der Waals surface area contributed by atoms with Gasteiger partial charge >= 0.3 is 0 Å². The van der Waals surface area contributed by atoms with Crippen LogP contribution in [0.3, 0.4) is 0 Å². The topological polar surface area (TPSA) is 37.7 Å². The van der Waals surface area contributed by atoms with Gasteiger partial charge in [0.05, 0.1) is 19.3 Å². The Morgan fingerprint density at radius 1 is 1.00 bits per heavy atom. The second kappa shape index (κ2) is 6.50. The molecule has 0 radical (unpaired) electrons. The number of aromatic amines is 1. The van der Waals surface area contributed by atoms with E-state index in [1.165, 1.54) is 44.9 Å². The monoisotopic (exact) mass is 314 g/mol. The van der Waals surface area contributed by atoms with E-state index >= 15 is 0 Å². The number of hydrogen-bond acceptors (Lipinski definition) is 2. The lowest BCUT2D eigenvalue weighted by Gasteiger charge is -2.41. The second-order valence-electron chi connectivity index (χ2n) is 7.47. The molecule has 4 heteroatoms. The zero-order valence-electron chi connectivity index (χ0n) is 14.0. The summed E-state index contributed by atoms with van der Waals surface area (Å²) in [6.07, 6.45) is 11.0. The van der Waals surface area contributed by atoms with Gasteiger partial charge < -0.3 is 4.90 Å². The SMILES string of the molecule is O=C(c1ccc[nH+]c1N1CCCC1)N1CC[C@@H]2CCCC[C@@H]2C1. The summed E-state index contributed by atoms with van der Waals surface area (Å²) >= 11 is 0. The van der Waals surface area contributed by atoms with E-state index in [2.05, 4.69) is 14.8 Å². The number of H-pyrrole nitrogens is 1. The van der Waals surface area contributed by atoms with Crippen LogP contribution in [-0.2, 0) is 0 Å². The number of anilines is 1. The van der Waals surface area contributed by atoms with Gasteiger partial charge in [-0.15, -0.1) is 0 Å². The molecule has 2 aliphatic heterocycles. The van der Waals surface area contributed by atoms with Crippen LogP contribution in [-0.4, -0.2) is 37.0 Å². The Morgan fingerprint density at radius 3 is 2.61 bits per heavy atom. The quantitative estimate of drug-likeness (QED) is 0.842. The van der Waals surface area contributed by atoms with Gasteiger partial charge in [-0.2, -0.15) is 0 Å². The summed E-state index contributed by atoms with van der Waals surface area (Å²) < 4.78 is 0. The first kappa shape index (κ1) is 15.0. The number of pyridine rings is 1. The predicted octanol–water partition coefficient (Wildman–Crippen LogP) is 2.75. The molecule has 0 spiro atoms. The number of nitrogens with zero attached hydrogens (tertiary/aromatic N) is 2. The molecule has 1 aliphatic carbocycles. The first-order valence-electron chi connectivity index (χ1n) is 9.38. The molecule has 23 heavy (non-hydrogen) atoms. The molecule has 3 heterocycles. The van der Waals surface area contributed by atoms with Crippen LogP contribution < -0.4 is 9.88 Å². The average Bonchev–Trinajstić information content (AvgIpc) is 3.15. The summed E-state index contributed by atoms with van der Waals surface area (Å²) in [5, 5.41) is 0. The Kier molecular flexibility index (Phi) is 4.23. The molecule has 2 saturated heterocycles. The molecular weight excluding hydrogens is 286 g/mol. The summed E-state index contributed by atoms with van der Waals surface area (Å²) in [5.41, 5.74) is 0.864. The fourth-order valence-corrected chi connectivity index (χ4v) is 4.76. The van der Waals surface area contributed by atoms with Gasteiger partial charge in [-0.1, -0.05) is 19.3 Å². The maximum atomic E-state index is 13.1. The highest BCUT2D eigenvalue weighted by atomic mass is 16.2. The fourth-order valence-electron chi connectivity index (χ4n) is 4.76. The van der Waals surface area contributed by atoms with Gasteiger partial charge in [-0.25, -0.2) is 4.98 Å². The van der Waals surface area contributed by atoms with Gasteiger partial charge in [0.25, 0.3) is 11.7 Å². The van der Waals surface area contributed by atoms with Crippen molar-refractivity contribution in [2.45, 2.75) is 44.9 Å². The third kappa shape index (κ3) is 2.96. The average molecular weight is 314 g/mol. The predicted molar refractivity (Wildman–Crippen MR) is 90.4 cm³/mol. The molecule has 1 aromatic rings. The molecule has 0 unspecified atom stereocenters. The number of rotatable bonds is 2. The van der Waals surface area contributed by atoms with Crippen LogP contribution in [0.15, 0.2) is 18.3 Å². The smallest absolute Gasteiger partial charge is 0.287 e. The highest BCUT2D eigenvalue weighted by molar-refractivity contribution is 5.98. The first-order chi connectivity index (χ1) is 11.3. The van der Waals surface area contributed by atoms with Crippen LogP contribution in [0.1, 0.15) is 55.3 Å². The van der Waals surface area contributed by atoms with E-state index in [4.69, 9.17) is 0 Å². The van der Waals surface area contributed by atoms with Crippen molar-refractivity contribution in [3.8, 4) is 0 Å². The van der Waals surface area contributed by atoms with Crippen molar-refractivity contribution in [1.29, 1.82) is 0 Å². The lowest BCUT2D eigenvalue weighted by Crippen LogP contribution is -2.45. The van der Waals surface area contributed by atoms with Crippen LogP contribution in [0, 0.1) is 11.8 Å². The molecular formula is C19H28N3O+. The molecule has 4 nitrogen and oxygen atoms in total. The number of hydrogen-bond donors (Lipinski definition) is 0. The minimum atomic E-state index is 0.229. The van der Waals surface area contributed by atoms with E-state index in [1.807, 2.05) is 18.3 Å². The molecule has 1 saturated carbocycles. The first-order valence-corrected chi connectivity index (χ1v) is 9.38. The summed E-state index contributed by atoms with van der Waals surface area (Å²) in [7, 11) is 0. The number of likely N-dealkylation sites (tertiary alicyclic amines) is 1. The number of amides is 1. The van der Waals surface area contributed by atoms with E-state index in [1.54, 1.807) is 0 Å². The van der Waals surface area contributed by atoms with Crippen LogP contribution in [0.2, 0.25) is 0 Å². The summed E-state index contributed by atoms with van der Waals surface area (Å²) in [4.78, 5) is 20.9. The zero-order chi connectivity index (χ0) is 15.6. The molecule has 3 aliphatic rings. The zero-order valence-corrected chi connectivity index (χ0v) is 14.0. The van der Waals surface area contributed by atoms with Crippen molar-refractivity contribution in [3.63, 3.8) is 0 Å². The largest absolute Gasteiger partial charge is 0.338 e. The van der Waals surface area contributed by atoms with Crippen LogP contribution in [0.4, 0.5) is 5.82 Å². The van der Waals surface area contributed by atoms with Gasteiger partial charge in [0.2, 0.25) is 0 Å². The normalized spacial score (nSPS) is 27.8. The van der Waals surface area contributed by atoms with Crippen molar-refractivity contribution in [2.75, 3.05) is 31.1 Å². The lowest BCUT2D eigenvalue weighted by molar-refractivity contribution is -0.364. The summed E-state index contributed by atoms with van der Waals surface area (Å²) in [5.74, 6) is 2.87. The van der Waals surface area contributed by atoms with Gasteiger partial charge in [0, 0.05) is 13.1 Å². The highest BCUT2D eigenvalue weighted by Gasteiger charge is 2.35. The van der Waals surface area contributed by atoms with E-state index in [9.17, 15) is 4.79 Å². The minimum absolute atomic E-state index is 0.229. The van der Waals surface area contributed by atoms with Crippen LogP contribution >= 0.6 is 0 Å². The molecule has 3 fully saturated rings. The van der Waals surface area contributed by atoms with Crippen LogP contribution in [0.25, 0.3) is 0 Å². The maximum absolute atomic E-state index is 13.1. The molecule has 4 rings (SSSR count). The Balaban J connectivity index is 1.52. The highest BCUT2D eigenvalue weighted by Crippen LogP contribution is 2.36. The number of piperidine rings is 1. The molecule has 2 atom stereocenters. The van der Waals surface area contributed by atoms with Crippen molar-refractivity contribution < 1.29 is 9.78 Å². The Labute approximate surface area is 138 Å². The number of aromatic nitrogens is 1. The third-order valence-corrected chi connectivity index (χ3v) is 6.07. The molecule has 0 aromatic carbocycles. The summed E-state index contributed by atoms with van der Waals surface area (Å²) in [6, 6.07) is 3.96. The third-order valence-electron chi connectivity index (χ3n) is 6.07. The van der Waals surface area contributed by atoms with Crippen molar-refractivity contribution in [2.24, 2.45) is 11.8 Å². The van der Waals surface area contributed by atoms with Gasteiger partial charge in [0.15, 0.2) is 0 Å². The van der Waals surface area contributed by atoms with Crippen molar-refractivity contribution >= 4 is 11.7 Å². The molecule has 0 bridgehead atoms. The van der Waals surface area contributed by atoms with E-state index in [-0.39, 0.29) is 5.91 Å².